The molecule has 2 fully saturated rings. The smallest absolute Gasteiger partial charge is 0.227 e. The van der Waals surface area contributed by atoms with Crippen molar-refractivity contribution in [3.63, 3.8) is 0 Å². The second kappa shape index (κ2) is 8.53. The van der Waals surface area contributed by atoms with Crippen LogP contribution < -0.4 is 5.32 Å². The Kier molecular flexibility index (Phi) is 5.85. The van der Waals surface area contributed by atoms with Gasteiger partial charge in [0.05, 0.1) is 11.6 Å². The van der Waals surface area contributed by atoms with Gasteiger partial charge < -0.3 is 20.1 Å². The molecule has 0 unspecified atom stereocenters. The molecule has 2 aromatic heterocycles. The van der Waals surface area contributed by atoms with Crippen molar-refractivity contribution >= 4 is 11.7 Å². The fourth-order valence-corrected chi connectivity index (χ4v) is 4.73. The SMILES string of the molecule is CCc1nc([C@H]2CN(C)C[C@@H]2C(=O)N2CCC(Nc3ccccn3)CC2)c(C)[nH]1. The zero-order valence-corrected chi connectivity index (χ0v) is 17.7. The largest absolute Gasteiger partial charge is 0.367 e. The number of hydrogen-bond acceptors (Lipinski definition) is 5. The molecule has 0 aliphatic carbocycles. The van der Waals surface area contributed by atoms with Gasteiger partial charge in [0.1, 0.15) is 11.6 Å². The Balaban J connectivity index is 1.40. The molecule has 7 heteroatoms. The van der Waals surface area contributed by atoms with Crippen LogP contribution in [0.15, 0.2) is 24.4 Å². The summed E-state index contributed by atoms with van der Waals surface area (Å²) in [5.74, 6) is 2.38. The number of likely N-dealkylation sites (tertiary alicyclic amines) is 2. The van der Waals surface area contributed by atoms with Crippen LogP contribution in [-0.2, 0) is 11.2 Å². The second-order valence-electron chi connectivity index (χ2n) is 8.44. The molecule has 0 saturated carbocycles. The molecule has 1 amide bonds. The molecular formula is C22H32N6O. The van der Waals surface area contributed by atoms with E-state index >= 15 is 0 Å². The standard InChI is InChI=1S/C22H32N6O/c1-4-19-24-15(2)21(26-19)17-13-27(3)14-18(17)22(29)28-11-8-16(9-12-28)25-20-7-5-6-10-23-20/h5-7,10,16-18H,4,8-9,11-14H2,1-3H3,(H,23,25)(H,24,26)/t17-,18-/m0/s1. The summed E-state index contributed by atoms with van der Waals surface area (Å²) in [5.41, 5.74) is 2.19. The van der Waals surface area contributed by atoms with Gasteiger partial charge in [0, 0.05) is 56.5 Å². The Labute approximate surface area is 172 Å². The van der Waals surface area contributed by atoms with Gasteiger partial charge in [-0.15, -0.1) is 0 Å². The zero-order chi connectivity index (χ0) is 20.4. The number of aromatic amines is 1. The van der Waals surface area contributed by atoms with E-state index in [2.05, 4.69) is 46.0 Å². The molecule has 156 valence electrons. The van der Waals surface area contributed by atoms with Crippen LogP contribution in [0, 0.1) is 12.8 Å². The first kappa shape index (κ1) is 19.9. The fourth-order valence-electron chi connectivity index (χ4n) is 4.73. The van der Waals surface area contributed by atoms with E-state index < -0.39 is 0 Å². The average molecular weight is 397 g/mol. The summed E-state index contributed by atoms with van der Waals surface area (Å²) >= 11 is 0. The van der Waals surface area contributed by atoms with Crippen molar-refractivity contribution in [1.29, 1.82) is 0 Å². The first-order chi connectivity index (χ1) is 14.0. The number of nitrogens with one attached hydrogen (secondary N) is 2. The maximum atomic E-state index is 13.4. The fraction of sp³-hybridized carbons (Fsp3) is 0.591. The molecular weight excluding hydrogens is 364 g/mol. The van der Waals surface area contributed by atoms with E-state index in [-0.39, 0.29) is 17.7 Å². The van der Waals surface area contributed by atoms with E-state index in [1.54, 1.807) is 6.20 Å². The van der Waals surface area contributed by atoms with Crippen molar-refractivity contribution in [3.8, 4) is 0 Å². The lowest BCUT2D eigenvalue weighted by molar-refractivity contribution is -0.136. The van der Waals surface area contributed by atoms with Gasteiger partial charge >= 0.3 is 0 Å². The number of piperidine rings is 1. The Morgan fingerprint density at radius 2 is 2.07 bits per heavy atom. The highest BCUT2D eigenvalue weighted by Gasteiger charge is 2.41. The van der Waals surface area contributed by atoms with Gasteiger partial charge in [-0.05, 0) is 38.9 Å². The molecule has 0 spiro atoms. The number of hydrogen-bond donors (Lipinski definition) is 2. The van der Waals surface area contributed by atoms with Crippen LogP contribution in [0.3, 0.4) is 0 Å². The number of likely N-dealkylation sites (N-methyl/N-ethyl adjacent to an activating group) is 1. The highest BCUT2D eigenvalue weighted by atomic mass is 16.2. The quantitative estimate of drug-likeness (QED) is 0.812. The monoisotopic (exact) mass is 396 g/mol. The molecule has 2 saturated heterocycles. The zero-order valence-electron chi connectivity index (χ0n) is 17.7. The highest BCUT2D eigenvalue weighted by Crippen LogP contribution is 2.34. The second-order valence-corrected chi connectivity index (χ2v) is 8.44. The number of aryl methyl sites for hydroxylation is 2. The molecule has 2 N–H and O–H groups in total. The average Bonchev–Trinajstić information content (AvgIpc) is 3.31. The Morgan fingerprint density at radius 1 is 1.28 bits per heavy atom. The van der Waals surface area contributed by atoms with E-state index in [0.717, 1.165) is 68.5 Å². The van der Waals surface area contributed by atoms with Crippen molar-refractivity contribution in [2.24, 2.45) is 5.92 Å². The number of nitrogens with zero attached hydrogens (tertiary/aromatic N) is 4. The van der Waals surface area contributed by atoms with Crippen LogP contribution >= 0.6 is 0 Å². The van der Waals surface area contributed by atoms with Crippen LogP contribution in [0.25, 0.3) is 0 Å². The van der Waals surface area contributed by atoms with Crippen LogP contribution in [0.2, 0.25) is 0 Å². The van der Waals surface area contributed by atoms with E-state index in [4.69, 9.17) is 4.98 Å². The van der Waals surface area contributed by atoms with Crippen molar-refractivity contribution in [2.45, 2.75) is 45.1 Å². The summed E-state index contributed by atoms with van der Waals surface area (Å²) in [4.78, 5) is 30.3. The summed E-state index contributed by atoms with van der Waals surface area (Å²) in [5, 5.41) is 3.50. The number of rotatable bonds is 5. The summed E-state index contributed by atoms with van der Waals surface area (Å²) in [6.07, 6.45) is 4.60. The Bertz CT molecular complexity index is 827. The lowest BCUT2D eigenvalue weighted by Gasteiger charge is -2.35. The van der Waals surface area contributed by atoms with Crippen LogP contribution in [-0.4, -0.2) is 69.9 Å². The van der Waals surface area contributed by atoms with Gasteiger partial charge in [-0.1, -0.05) is 13.0 Å². The summed E-state index contributed by atoms with van der Waals surface area (Å²) in [7, 11) is 2.10. The van der Waals surface area contributed by atoms with Gasteiger partial charge in [0.15, 0.2) is 0 Å². The molecule has 2 aromatic rings. The molecule has 4 heterocycles. The van der Waals surface area contributed by atoms with Gasteiger partial charge in [0.2, 0.25) is 5.91 Å². The lowest BCUT2D eigenvalue weighted by atomic mass is 9.90. The number of H-pyrrole nitrogens is 1. The number of carbonyl (C=O) groups excluding carboxylic acids is 1. The molecule has 4 rings (SSSR count). The van der Waals surface area contributed by atoms with E-state index in [0.29, 0.717) is 6.04 Å². The molecule has 2 aliphatic heterocycles. The van der Waals surface area contributed by atoms with Crippen molar-refractivity contribution in [2.75, 3.05) is 38.5 Å². The highest BCUT2D eigenvalue weighted by molar-refractivity contribution is 5.80. The lowest BCUT2D eigenvalue weighted by Crippen LogP contribution is -2.46. The van der Waals surface area contributed by atoms with Crippen molar-refractivity contribution in [3.05, 3.63) is 41.6 Å². The van der Waals surface area contributed by atoms with E-state index in [1.807, 2.05) is 18.2 Å². The predicted octanol–water partition coefficient (Wildman–Crippen LogP) is 2.42. The molecule has 0 aromatic carbocycles. The number of anilines is 1. The Hall–Kier alpha value is -2.41. The van der Waals surface area contributed by atoms with Gasteiger partial charge in [-0.25, -0.2) is 9.97 Å². The molecule has 29 heavy (non-hydrogen) atoms. The minimum Gasteiger partial charge on any atom is -0.367 e. The van der Waals surface area contributed by atoms with Gasteiger partial charge in [-0.3, -0.25) is 4.79 Å². The number of pyridine rings is 1. The third-order valence-corrected chi connectivity index (χ3v) is 6.30. The Morgan fingerprint density at radius 3 is 2.72 bits per heavy atom. The van der Waals surface area contributed by atoms with Gasteiger partial charge in [-0.2, -0.15) is 0 Å². The molecule has 7 nitrogen and oxygen atoms in total. The minimum atomic E-state index is -0.00740. The van der Waals surface area contributed by atoms with Crippen molar-refractivity contribution < 1.29 is 4.79 Å². The topological polar surface area (TPSA) is 77.2 Å². The number of amides is 1. The van der Waals surface area contributed by atoms with Crippen LogP contribution in [0.4, 0.5) is 5.82 Å². The first-order valence-corrected chi connectivity index (χ1v) is 10.8. The van der Waals surface area contributed by atoms with Crippen LogP contribution in [0.1, 0.15) is 42.9 Å². The first-order valence-electron chi connectivity index (χ1n) is 10.8. The van der Waals surface area contributed by atoms with E-state index in [1.165, 1.54) is 0 Å². The number of aromatic nitrogens is 3. The van der Waals surface area contributed by atoms with Crippen molar-refractivity contribution in [1.82, 2.24) is 24.8 Å². The number of carbonyl (C=O) groups is 1. The summed E-state index contributed by atoms with van der Waals surface area (Å²) in [6, 6.07) is 6.28. The molecule has 0 bridgehead atoms. The maximum Gasteiger partial charge on any atom is 0.227 e. The molecule has 2 aliphatic rings. The van der Waals surface area contributed by atoms with Gasteiger partial charge in [0.25, 0.3) is 0 Å². The van der Waals surface area contributed by atoms with E-state index in [9.17, 15) is 4.79 Å². The summed E-state index contributed by atoms with van der Waals surface area (Å²) in [6.45, 7) is 7.49. The summed E-state index contributed by atoms with van der Waals surface area (Å²) < 4.78 is 0. The normalized spacial score (nSPS) is 23.5. The predicted molar refractivity (Wildman–Crippen MR) is 114 cm³/mol. The number of imidazole rings is 1. The van der Waals surface area contributed by atoms with Crippen LogP contribution in [0.5, 0.6) is 0 Å². The maximum absolute atomic E-state index is 13.4. The molecule has 0 radical (unpaired) electrons. The third kappa shape index (κ3) is 4.29. The third-order valence-electron chi connectivity index (χ3n) is 6.30. The molecule has 2 atom stereocenters. The minimum absolute atomic E-state index is 0.00740.